The molecule has 0 bridgehead atoms. The van der Waals surface area contributed by atoms with Crippen LogP contribution < -0.4 is 0 Å². The lowest BCUT2D eigenvalue weighted by molar-refractivity contribution is 0.0758. The molecule has 1 heterocycles. The van der Waals surface area contributed by atoms with E-state index in [9.17, 15) is 4.79 Å². The average Bonchev–Trinajstić information content (AvgIpc) is 2.63. The molecule has 15 heavy (non-hydrogen) atoms. The van der Waals surface area contributed by atoms with Gasteiger partial charge in [-0.2, -0.15) is 0 Å². The molecule has 80 valence electrons. The van der Waals surface area contributed by atoms with Gasteiger partial charge in [0.2, 0.25) is 0 Å². The molecule has 0 unspecified atom stereocenters. The summed E-state index contributed by atoms with van der Waals surface area (Å²) in [6.45, 7) is 10.00. The van der Waals surface area contributed by atoms with Crippen molar-refractivity contribution in [2.24, 2.45) is 0 Å². The Labute approximate surface area is 89.7 Å². The maximum atomic E-state index is 11.9. The van der Waals surface area contributed by atoms with E-state index in [-0.39, 0.29) is 5.91 Å². The van der Waals surface area contributed by atoms with Crippen molar-refractivity contribution in [3.8, 4) is 0 Å². The van der Waals surface area contributed by atoms with E-state index in [0.29, 0.717) is 18.8 Å². The smallest absolute Gasteiger partial charge is 0.290 e. The summed E-state index contributed by atoms with van der Waals surface area (Å²) in [6.07, 6.45) is 3.36. The zero-order valence-corrected chi connectivity index (χ0v) is 8.90. The molecule has 0 fully saturated rings. The largest absolute Gasteiger partial charge is 0.456 e. The molecule has 0 spiro atoms. The second kappa shape index (κ2) is 5.20. The van der Waals surface area contributed by atoms with Gasteiger partial charge in [0.1, 0.15) is 5.76 Å². The highest BCUT2D eigenvalue weighted by molar-refractivity contribution is 5.91. The van der Waals surface area contributed by atoms with Gasteiger partial charge < -0.3 is 9.32 Å². The predicted molar refractivity (Wildman–Crippen MR) is 59.7 cm³/mol. The maximum absolute atomic E-state index is 11.9. The highest BCUT2D eigenvalue weighted by atomic mass is 16.3. The minimum absolute atomic E-state index is 0.136. The molecule has 0 aliphatic heterocycles. The lowest BCUT2D eigenvalue weighted by atomic mass is 10.3. The Morgan fingerprint density at radius 2 is 2.00 bits per heavy atom. The molecule has 3 heteroatoms. The van der Waals surface area contributed by atoms with Crippen molar-refractivity contribution in [2.75, 3.05) is 13.1 Å². The fourth-order valence-electron chi connectivity index (χ4n) is 1.26. The Hall–Kier alpha value is -1.77. The number of carbonyl (C=O) groups excluding carboxylic acids is 1. The molecule has 0 atom stereocenters. The molecule has 0 aliphatic rings. The van der Waals surface area contributed by atoms with E-state index < -0.39 is 0 Å². The van der Waals surface area contributed by atoms with Crippen molar-refractivity contribution in [3.05, 3.63) is 49.0 Å². The normalized spacial score (nSPS) is 9.67. The SMILES string of the molecule is C=CCN(CC=C)C(=O)c1ccc(C)o1. The molecule has 0 aliphatic carbocycles. The lowest BCUT2D eigenvalue weighted by Crippen LogP contribution is -2.30. The van der Waals surface area contributed by atoms with Crippen molar-refractivity contribution < 1.29 is 9.21 Å². The number of rotatable bonds is 5. The third-order valence-corrected chi connectivity index (χ3v) is 1.94. The summed E-state index contributed by atoms with van der Waals surface area (Å²) in [5.74, 6) is 0.953. The second-order valence-electron chi connectivity index (χ2n) is 3.20. The van der Waals surface area contributed by atoms with E-state index in [1.54, 1.807) is 29.2 Å². The van der Waals surface area contributed by atoms with Gasteiger partial charge in [-0.1, -0.05) is 12.2 Å². The second-order valence-corrected chi connectivity index (χ2v) is 3.20. The summed E-state index contributed by atoms with van der Waals surface area (Å²) >= 11 is 0. The van der Waals surface area contributed by atoms with Crippen LogP contribution in [-0.2, 0) is 0 Å². The molecule has 1 amide bonds. The molecule has 3 nitrogen and oxygen atoms in total. The van der Waals surface area contributed by atoms with Crippen molar-refractivity contribution in [1.29, 1.82) is 0 Å². The zero-order valence-electron chi connectivity index (χ0n) is 8.90. The Morgan fingerprint density at radius 1 is 1.40 bits per heavy atom. The van der Waals surface area contributed by atoms with Crippen LogP contribution in [0.2, 0.25) is 0 Å². The number of carbonyl (C=O) groups is 1. The molecule has 0 aromatic carbocycles. The third kappa shape index (κ3) is 2.84. The summed E-state index contributed by atoms with van der Waals surface area (Å²) in [5.41, 5.74) is 0. The number of aryl methyl sites for hydroxylation is 1. The fourth-order valence-corrected chi connectivity index (χ4v) is 1.26. The topological polar surface area (TPSA) is 33.5 Å². The molecule has 1 rings (SSSR count). The van der Waals surface area contributed by atoms with Crippen molar-refractivity contribution in [2.45, 2.75) is 6.92 Å². The third-order valence-electron chi connectivity index (χ3n) is 1.94. The summed E-state index contributed by atoms with van der Waals surface area (Å²) < 4.78 is 5.26. The van der Waals surface area contributed by atoms with Crippen LogP contribution in [0.3, 0.4) is 0 Å². The predicted octanol–water partition coefficient (Wildman–Crippen LogP) is 2.40. The standard InChI is InChI=1S/C12H15NO2/c1-4-8-13(9-5-2)12(14)11-7-6-10(3)15-11/h4-7H,1-2,8-9H2,3H3. The van der Waals surface area contributed by atoms with Crippen LogP contribution >= 0.6 is 0 Å². The van der Waals surface area contributed by atoms with E-state index in [0.717, 1.165) is 5.76 Å². The van der Waals surface area contributed by atoms with Crippen molar-refractivity contribution >= 4 is 5.91 Å². The van der Waals surface area contributed by atoms with E-state index in [1.807, 2.05) is 6.92 Å². The first kappa shape index (κ1) is 11.3. The molecule has 1 aromatic rings. The minimum atomic E-state index is -0.136. The maximum Gasteiger partial charge on any atom is 0.290 e. The van der Waals surface area contributed by atoms with Gasteiger partial charge in [-0.25, -0.2) is 0 Å². The Kier molecular flexibility index (Phi) is 3.92. The molecule has 0 N–H and O–H groups in total. The van der Waals surface area contributed by atoms with Crippen LogP contribution in [0, 0.1) is 6.92 Å². The molecule has 1 aromatic heterocycles. The number of hydrogen-bond donors (Lipinski definition) is 0. The van der Waals surface area contributed by atoms with E-state index >= 15 is 0 Å². The minimum Gasteiger partial charge on any atom is -0.456 e. The van der Waals surface area contributed by atoms with Gasteiger partial charge in [-0.05, 0) is 19.1 Å². The van der Waals surface area contributed by atoms with Gasteiger partial charge in [0.05, 0.1) is 0 Å². The van der Waals surface area contributed by atoms with Crippen molar-refractivity contribution in [1.82, 2.24) is 4.90 Å². The van der Waals surface area contributed by atoms with Crippen LogP contribution in [0.4, 0.5) is 0 Å². The van der Waals surface area contributed by atoms with Crippen molar-refractivity contribution in [3.63, 3.8) is 0 Å². The summed E-state index contributed by atoms with van der Waals surface area (Å²) in [6, 6.07) is 3.45. The Bertz CT molecular complexity index is 355. The molecular weight excluding hydrogens is 190 g/mol. The van der Waals surface area contributed by atoms with Crippen LogP contribution in [-0.4, -0.2) is 23.9 Å². The molecule has 0 radical (unpaired) electrons. The van der Waals surface area contributed by atoms with Gasteiger partial charge in [0, 0.05) is 13.1 Å². The zero-order chi connectivity index (χ0) is 11.3. The highest BCUT2D eigenvalue weighted by Crippen LogP contribution is 2.09. The Balaban J connectivity index is 2.79. The average molecular weight is 205 g/mol. The molecule has 0 saturated heterocycles. The first-order valence-corrected chi connectivity index (χ1v) is 4.76. The first-order chi connectivity index (χ1) is 7.19. The highest BCUT2D eigenvalue weighted by Gasteiger charge is 2.16. The summed E-state index contributed by atoms with van der Waals surface area (Å²) in [5, 5.41) is 0. The molecule has 0 saturated carbocycles. The van der Waals surface area contributed by atoms with Crippen LogP contribution in [0.1, 0.15) is 16.3 Å². The van der Waals surface area contributed by atoms with Gasteiger partial charge in [-0.3, -0.25) is 4.79 Å². The van der Waals surface area contributed by atoms with Crippen LogP contribution in [0.15, 0.2) is 41.9 Å². The van der Waals surface area contributed by atoms with Gasteiger partial charge in [0.15, 0.2) is 5.76 Å². The van der Waals surface area contributed by atoms with E-state index in [1.165, 1.54) is 0 Å². The Morgan fingerprint density at radius 3 is 2.40 bits per heavy atom. The lowest BCUT2D eigenvalue weighted by Gasteiger charge is -2.17. The number of nitrogens with zero attached hydrogens (tertiary/aromatic N) is 1. The number of amides is 1. The fraction of sp³-hybridized carbons (Fsp3) is 0.250. The van der Waals surface area contributed by atoms with E-state index in [2.05, 4.69) is 13.2 Å². The van der Waals surface area contributed by atoms with Gasteiger partial charge >= 0.3 is 0 Å². The monoisotopic (exact) mass is 205 g/mol. The van der Waals surface area contributed by atoms with Crippen LogP contribution in [0.25, 0.3) is 0 Å². The van der Waals surface area contributed by atoms with Gasteiger partial charge in [0.25, 0.3) is 5.91 Å². The van der Waals surface area contributed by atoms with Crippen LogP contribution in [0.5, 0.6) is 0 Å². The number of furan rings is 1. The number of hydrogen-bond acceptors (Lipinski definition) is 2. The van der Waals surface area contributed by atoms with Gasteiger partial charge in [-0.15, -0.1) is 13.2 Å². The molecular formula is C12H15NO2. The first-order valence-electron chi connectivity index (χ1n) is 4.76. The summed E-state index contributed by atoms with van der Waals surface area (Å²) in [4.78, 5) is 13.5. The summed E-state index contributed by atoms with van der Waals surface area (Å²) in [7, 11) is 0. The van der Waals surface area contributed by atoms with E-state index in [4.69, 9.17) is 4.42 Å². The quantitative estimate of drug-likeness (QED) is 0.691.